The maximum atomic E-state index is 12.1. The molecule has 1 aromatic carbocycles. The number of nitrogens with one attached hydrogen (secondary N) is 1. The Balaban J connectivity index is 1.31. The van der Waals surface area contributed by atoms with Crippen LogP contribution in [0.3, 0.4) is 0 Å². The molecule has 0 fully saturated rings. The van der Waals surface area contributed by atoms with Crippen molar-refractivity contribution < 1.29 is 9.32 Å². The number of aryl methyl sites for hydroxylation is 1. The fourth-order valence-corrected chi connectivity index (χ4v) is 2.92. The molecule has 1 N–H and O–H groups in total. The summed E-state index contributed by atoms with van der Waals surface area (Å²) in [5.41, 5.74) is 2.41. The molecule has 0 aliphatic rings. The summed E-state index contributed by atoms with van der Waals surface area (Å²) in [5, 5.41) is 21.6. The smallest absolute Gasteiger partial charge is 0.227 e. The maximum Gasteiger partial charge on any atom is 0.227 e. The number of carbonyl (C=O) groups excluding carboxylic acids is 1. The third kappa shape index (κ3) is 3.64. The molecule has 3 heterocycles. The van der Waals surface area contributed by atoms with Gasteiger partial charge < -0.3 is 9.84 Å². The molecule has 130 valence electrons. The minimum absolute atomic E-state index is 0.129. The second kappa shape index (κ2) is 7.23. The Morgan fingerprint density at radius 2 is 2.12 bits per heavy atom. The van der Waals surface area contributed by atoms with E-state index in [1.807, 2.05) is 29.0 Å². The Kier molecular flexibility index (Phi) is 4.48. The molecule has 0 saturated carbocycles. The van der Waals surface area contributed by atoms with E-state index in [2.05, 4.69) is 31.0 Å². The summed E-state index contributed by atoms with van der Waals surface area (Å²) >= 11 is 1.57. The van der Waals surface area contributed by atoms with Crippen LogP contribution in [-0.2, 0) is 11.2 Å². The first-order chi connectivity index (χ1) is 12.8. The highest BCUT2D eigenvalue weighted by Gasteiger charge is 2.11. The van der Waals surface area contributed by atoms with Gasteiger partial charge in [0.05, 0.1) is 5.69 Å². The first-order valence-electron chi connectivity index (χ1n) is 7.76. The van der Waals surface area contributed by atoms with Crippen LogP contribution in [-0.4, -0.2) is 36.3 Å². The summed E-state index contributed by atoms with van der Waals surface area (Å²) in [7, 11) is 0. The lowest BCUT2D eigenvalue weighted by atomic mass is 10.2. The maximum absolute atomic E-state index is 12.1. The molecule has 10 heteroatoms. The van der Waals surface area contributed by atoms with Crippen molar-refractivity contribution >= 4 is 22.9 Å². The summed E-state index contributed by atoms with van der Waals surface area (Å²) in [4.78, 5) is 16.4. The molecular formula is C16H13N7O2S. The van der Waals surface area contributed by atoms with Crippen molar-refractivity contribution in [3.05, 3.63) is 53.3 Å². The van der Waals surface area contributed by atoms with Crippen LogP contribution in [0.4, 0.5) is 5.69 Å². The van der Waals surface area contributed by atoms with Crippen LogP contribution in [0, 0.1) is 0 Å². The van der Waals surface area contributed by atoms with Crippen molar-refractivity contribution in [2.24, 2.45) is 0 Å². The van der Waals surface area contributed by atoms with E-state index in [4.69, 9.17) is 4.52 Å². The minimum atomic E-state index is -0.129. The van der Waals surface area contributed by atoms with Crippen LogP contribution in [0.5, 0.6) is 0 Å². The molecule has 26 heavy (non-hydrogen) atoms. The van der Waals surface area contributed by atoms with Gasteiger partial charge in [-0.3, -0.25) is 4.79 Å². The van der Waals surface area contributed by atoms with Crippen LogP contribution < -0.4 is 5.32 Å². The average Bonchev–Trinajstić information content (AvgIpc) is 3.42. The van der Waals surface area contributed by atoms with Gasteiger partial charge >= 0.3 is 0 Å². The van der Waals surface area contributed by atoms with E-state index in [0.29, 0.717) is 23.8 Å². The number of benzene rings is 1. The molecule has 0 saturated heterocycles. The van der Waals surface area contributed by atoms with Gasteiger partial charge in [0.1, 0.15) is 6.33 Å². The number of amides is 1. The lowest BCUT2D eigenvalue weighted by molar-refractivity contribution is -0.116. The molecule has 0 radical (unpaired) electrons. The van der Waals surface area contributed by atoms with E-state index in [9.17, 15) is 4.79 Å². The predicted molar refractivity (Wildman–Crippen MR) is 93.7 cm³/mol. The van der Waals surface area contributed by atoms with Crippen molar-refractivity contribution in [3.8, 4) is 17.1 Å². The van der Waals surface area contributed by atoms with Gasteiger partial charge in [-0.15, -0.1) is 5.10 Å². The van der Waals surface area contributed by atoms with Crippen molar-refractivity contribution in [3.63, 3.8) is 0 Å². The Morgan fingerprint density at radius 1 is 1.23 bits per heavy atom. The number of anilines is 1. The van der Waals surface area contributed by atoms with Crippen molar-refractivity contribution in [1.29, 1.82) is 0 Å². The third-order valence-electron chi connectivity index (χ3n) is 3.58. The highest BCUT2D eigenvalue weighted by atomic mass is 32.1. The van der Waals surface area contributed by atoms with Crippen LogP contribution in [0.1, 0.15) is 12.3 Å². The molecule has 0 spiro atoms. The number of rotatable bonds is 6. The molecule has 0 bridgehead atoms. The fourth-order valence-electron chi connectivity index (χ4n) is 2.29. The number of carbonyl (C=O) groups is 1. The molecule has 0 atom stereocenters. The first kappa shape index (κ1) is 16.1. The summed E-state index contributed by atoms with van der Waals surface area (Å²) in [6.45, 7) is 0. The second-order valence-corrected chi connectivity index (χ2v) is 6.15. The summed E-state index contributed by atoms with van der Waals surface area (Å²) in [6, 6.07) is 9.13. The van der Waals surface area contributed by atoms with Gasteiger partial charge in [-0.1, -0.05) is 5.16 Å². The van der Waals surface area contributed by atoms with Gasteiger partial charge in [0.2, 0.25) is 17.6 Å². The SMILES string of the molecule is O=C(CCc1nc(-c2ccsc2)no1)Nc1ccc(-n2cnnn2)cc1. The Labute approximate surface area is 151 Å². The van der Waals surface area contributed by atoms with E-state index in [1.54, 1.807) is 23.5 Å². The molecule has 0 aliphatic heterocycles. The molecule has 3 aromatic heterocycles. The van der Waals surface area contributed by atoms with Gasteiger partial charge in [0.15, 0.2) is 0 Å². The zero-order valence-electron chi connectivity index (χ0n) is 13.4. The van der Waals surface area contributed by atoms with Crippen LogP contribution in [0.2, 0.25) is 0 Å². The molecule has 0 aliphatic carbocycles. The zero-order chi connectivity index (χ0) is 17.8. The van der Waals surface area contributed by atoms with Crippen molar-refractivity contribution in [2.75, 3.05) is 5.32 Å². The van der Waals surface area contributed by atoms with Gasteiger partial charge in [0, 0.05) is 29.5 Å². The first-order valence-corrected chi connectivity index (χ1v) is 8.71. The number of hydrogen-bond donors (Lipinski definition) is 1. The topological polar surface area (TPSA) is 112 Å². The quantitative estimate of drug-likeness (QED) is 0.557. The standard InChI is InChI=1S/C16H13N7O2S/c24-14(5-6-15-19-16(20-25-15)11-7-8-26-9-11)18-12-1-3-13(4-2-12)23-10-17-21-22-23/h1-4,7-10H,5-6H2,(H,18,24). The molecule has 1 amide bonds. The third-order valence-corrected chi connectivity index (χ3v) is 4.26. The van der Waals surface area contributed by atoms with E-state index >= 15 is 0 Å². The number of nitrogens with zero attached hydrogens (tertiary/aromatic N) is 6. The van der Waals surface area contributed by atoms with E-state index in [-0.39, 0.29) is 12.3 Å². The highest BCUT2D eigenvalue weighted by Crippen LogP contribution is 2.19. The molecular weight excluding hydrogens is 354 g/mol. The van der Waals surface area contributed by atoms with Crippen LogP contribution >= 0.6 is 11.3 Å². The molecule has 4 aromatic rings. The van der Waals surface area contributed by atoms with E-state index in [1.165, 1.54) is 11.0 Å². The number of tetrazole rings is 1. The van der Waals surface area contributed by atoms with Gasteiger partial charge in [0.25, 0.3) is 0 Å². The van der Waals surface area contributed by atoms with Gasteiger partial charge in [-0.25, -0.2) is 4.68 Å². The Bertz CT molecular complexity index is 978. The second-order valence-electron chi connectivity index (χ2n) is 5.37. The van der Waals surface area contributed by atoms with Gasteiger partial charge in [-0.05, 0) is 46.1 Å². The Morgan fingerprint density at radius 3 is 2.85 bits per heavy atom. The number of hydrogen-bond acceptors (Lipinski definition) is 8. The number of aromatic nitrogens is 6. The van der Waals surface area contributed by atoms with Crippen molar-refractivity contribution in [2.45, 2.75) is 12.8 Å². The van der Waals surface area contributed by atoms with Crippen LogP contribution in [0.25, 0.3) is 17.1 Å². The lowest BCUT2D eigenvalue weighted by Crippen LogP contribution is -2.12. The normalized spacial score (nSPS) is 10.8. The fraction of sp³-hybridized carbons (Fsp3) is 0.125. The largest absolute Gasteiger partial charge is 0.339 e. The lowest BCUT2D eigenvalue weighted by Gasteiger charge is -2.05. The zero-order valence-corrected chi connectivity index (χ0v) is 14.3. The van der Waals surface area contributed by atoms with Crippen molar-refractivity contribution in [1.82, 2.24) is 30.3 Å². The highest BCUT2D eigenvalue weighted by molar-refractivity contribution is 7.08. The van der Waals surface area contributed by atoms with E-state index in [0.717, 1.165) is 11.3 Å². The van der Waals surface area contributed by atoms with Crippen LogP contribution in [0.15, 0.2) is 51.9 Å². The summed E-state index contributed by atoms with van der Waals surface area (Å²) in [5.74, 6) is 0.852. The van der Waals surface area contributed by atoms with Gasteiger partial charge in [-0.2, -0.15) is 16.3 Å². The average molecular weight is 367 g/mol. The molecule has 9 nitrogen and oxygen atoms in total. The molecule has 0 unspecified atom stereocenters. The van der Waals surface area contributed by atoms with E-state index < -0.39 is 0 Å². The summed E-state index contributed by atoms with van der Waals surface area (Å²) in [6.07, 6.45) is 2.13. The monoisotopic (exact) mass is 367 g/mol. The molecule has 4 rings (SSSR count). The Hall–Kier alpha value is -3.40. The predicted octanol–water partition coefficient (Wildman–Crippen LogP) is 2.35. The number of thiophene rings is 1. The minimum Gasteiger partial charge on any atom is -0.339 e. The summed E-state index contributed by atoms with van der Waals surface area (Å²) < 4.78 is 6.72.